The Labute approximate surface area is 187 Å². The van der Waals surface area contributed by atoms with Crippen LogP contribution < -0.4 is 10.1 Å². The third kappa shape index (κ3) is 5.85. The molecule has 0 radical (unpaired) electrons. The number of pyridine rings is 1. The first kappa shape index (κ1) is 23.3. The van der Waals surface area contributed by atoms with Crippen molar-refractivity contribution >= 4 is 5.91 Å². The fraction of sp³-hybridized carbons (Fsp3) is 0.538. The van der Waals surface area contributed by atoms with Gasteiger partial charge in [0.25, 0.3) is 0 Å². The number of nitrogens with one attached hydrogen (secondary N) is 1. The molecule has 1 fully saturated rings. The second kappa shape index (κ2) is 9.82. The molecule has 168 valence electrons. The standard InChI is InChI=1S/C26H37N3O2/c1-18-15-23(31-6)19(2)14-21(18)17-29-13-9-10-20(16-29)24(22-11-7-8-12-27-22)28-25(30)26(3,4)5/h7-8,11-12,14-15,20,24H,9-10,13,16-17H2,1-6H3,(H,28,30)/t20-,24+/m1/s1. The summed E-state index contributed by atoms with van der Waals surface area (Å²) in [5.41, 5.74) is 4.28. The van der Waals surface area contributed by atoms with Crippen molar-refractivity contribution in [2.24, 2.45) is 11.3 Å². The van der Waals surface area contributed by atoms with Crippen LogP contribution in [-0.4, -0.2) is 36.0 Å². The van der Waals surface area contributed by atoms with Crippen molar-refractivity contribution in [2.75, 3.05) is 20.2 Å². The van der Waals surface area contributed by atoms with Crippen molar-refractivity contribution in [3.63, 3.8) is 0 Å². The first-order chi connectivity index (χ1) is 14.7. The molecule has 1 aromatic carbocycles. The van der Waals surface area contributed by atoms with Crippen molar-refractivity contribution in [3.05, 3.63) is 58.9 Å². The van der Waals surface area contributed by atoms with Gasteiger partial charge in [-0.05, 0) is 74.0 Å². The van der Waals surface area contributed by atoms with E-state index in [0.29, 0.717) is 5.92 Å². The Morgan fingerprint density at radius 1 is 1.26 bits per heavy atom. The van der Waals surface area contributed by atoms with Crippen LogP contribution in [0.4, 0.5) is 0 Å². The Morgan fingerprint density at radius 3 is 2.68 bits per heavy atom. The summed E-state index contributed by atoms with van der Waals surface area (Å²) < 4.78 is 5.47. The van der Waals surface area contributed by atoms with Crippen molar-refractivity contribution in [2.45, 2.75) is 60.0 Å². The number of hydrogen-bond acceptors (Lipinski definition) is 4. The van der Waals surface area contributed by atoms with Crippen LogP contribution in [-0.2, 0) is 11.3 Å². The Balaban J connectivity index is 1.79. The van der Waals surface area contributed by atoms with E-state index in [-0.39, 0.29) is 11.9 Å². The number of nitrogens with zero attached hydrogens (tertiary/aromatic N) is 2. The van der Waals surface area contributed by atoms with E-state index >= 15 is 0 Å². The van der Waals surface area contributed by atoms with Crippen molar-refractivity contribution < 1.29 is 9.53 Å². The number of carbonyl (C=O) groups excluding carboxylic acids is 1. The predicted molar refractivity (Wildman–Crippen MR) is 125 cm³/mol. The molecule has 5 nitrogen and oxygen atoms in total. The van der Waals surface area contributed by atoms with Crippen LogP contribution in [0.2, 0.25) is 0 Å². The zero-order valence-corrected chi connectivity index (χ0v) is 19.9. The van der Waals surface area contributed by atoms with E-state index in [2.05, 4.69) is 41.2 Å². The van der Waals surface area contributed by atoms with Gasteiger partial charge >= 0.3 is 0 Å². The highest BCUT2D eigenvalue weighted by Crippen LogP contribution is 2.32. The molecule has 5 heteroatoms. The molecular formula is C26H37N3O2. The second-order valence-corrected chi connectivity index (χ2v) is 9.84. The fourth-order valence-corrected chi connectivity index (χ4v) is 4.34. The molecule has 0 bridgehead atoms. The lowest BCUT2D eigenvalue weighted by molar-refractivity contribution is -0.130. The molecule has 0 spiro atoms. The van der Waals surface area contributed by atoms with E-state index in [0.717, 1.165) is 43.9 Å². The van der Waals surface area contributed by atoms with Gasteiger partial charge in [-0.2, -0.15) is 0 Å². The summed E-state index contributed by atoms with van der Waals surface area (Å²) in [6, 6.07) is 10.3. The minimum atomic E-state index is -0.431. The van der Waals surface area contributed by atoms with E-state index in [1.165, 1.54) is 16.7 Å². The molecule has 1 aromatic heterocycles. The highest BCUT2D eigenvalue weighted by molar-refractivity contribution is 5.81. The molecule has 1 aliphatic heterocycles. The maximum Gasteiger partial charge on any atom is 0.225 e. The van der Waals surface area contributed by atoms with Crippen molar-refractivity contribution in [1.82, 2.24) is 15.2 Å². The monoisotopic (exact) mass is 423 g/mol. The summed E-state index contributed by atoms with van der Waals surface area (Å²) in [5.74, 6) is 1.34. The number of rotatable bonds is 6. The highest BCUT2D eigenvalue weighted by Gasteiger charge is 2.33. The summed E-state index contributed by atoms with van der Waals surface area (Å²) in [5, 5.41) is 3.32. The normalized spacial score (nSPS) is 18.5. The first-order valence-electron chi connectivity index (χ1n) is 11.3. The number of aromatic nitrogens is 1. The summed E-state index contributed by atoms with van der Waals surface area (Å²) in [4.78, 5) is 20.0. The third-order valence-corrected chi connectivity index (χ3v) is 6.23. The van der Waals surface area contributed by atoms with Gasteiger partial charge in [0.05, 0.1) is 18.8 Å². The molecule has 2 atom stereocenters. The molecule has 0 saturated carbocycles. The minimum absolute atomic E-state index is 0.0712. The van der Waals surface area contributed by atoms with Gasteiger partial charge in [-0.15, -0.1) is 0 Å². The van der Waals surface area contributed by atoms with E-state index in [9.17, 15) is 4.79 Å². The molecule has 2 aromatic rings. The van der Waals surface area contributed by atoms with E-state index in [1.54, 1.807) is 7.11 Å². The third-order valence-electron chi connectivity index (χ3n) is 6.23. The minimum Gasteiger partial charge on any atom is -0.496 e. The maximum atomic E-state index is 12.8. The predicted octanol–water partition coefficient (Wildman–Crippen LogP) is 4.82. The number of aryl methyl sites for hydroxylation is 2. The van der Waals surface area contributed by atoms with Crippen LogP contribution in [0.25, 0.3) is 0 Å². The first-order valence-corrected chi connectivity index (χ1v) is 11.3. The number of benzene rings is 1. The molecule has 1 aliphatic rings. The average molecular weight is 424 g/mol. The van der Waals surface area contributed by atoms with Gasteiger partial charge in [-0.3, -0.25) is 14.7 Å². The SMILES string of the molecule is COc1cc(C)c(CN2CCC[C@@H]([C@H](NC(=O)C(C)(C)C)c3ccccn3)C2)cc1C. The number of likely N-dealkylation sites (tertiary alicyclic amines) is 1. The van der Waals surface area contributed by atoms with Crippen LogP contribution in [0.15, 0.2) is 36.5 Å². The lowest BCUT2D eigenvalue weighted by atomic mass is 9.86. The number of carbonyl (C=O) groups is 1. The zero-order valence-electron chi connectivity index (χ0n) is 19.9. The number of hydrogen-bond donors (Lipinski definition) is 1. The van der Waals surface area contributed by atoms with Gasteiger partial charge in [0.15, 0.2) is 0 Å². The maximum absolute atomic E-state index is 12.8. The van der Waals surface area contributed by atoms with Crippen LogP contribution in [0, 0.1) is 25.2 Å². The van der Waals surface area contributed by atoms with Crippen LogP contribution in [0.3, 0.4) is 0 Å². The number of methoxy groups -OCH3 is 1. The lowest BCUT2D eigenvalue weighted by Gasteiger charge is -2.38. The van der Waals surface area contributed by atoms with Gasteiger partial charge in [0.1, 0.15) is 5.75 Å². The topological polar surface area (TPSA) is 54.5 Å². The number of piperidine rings is 1. The molecule has 1 saturated heterocycles. The highest BCUT2D eigenvalue weighted by atomic mass is 16.5. The Hall–Kier alpha value is -2.40. The summed E-state index contributed by atoms with van der Waals surface area (Å²) in [7, 11) is 1.72. The Bertz CT molecular complexity index is 890. The molecule has 0 aliphatic carbocycles. The lowest BCUT2D eigenvalue weighted by Crippen LogP contribution is -2.45. The van der Waals surface area contributed by atoms with Crippen LogP contribution in [0.5, 0.6) is 5.75 Å². The molecular weight excluding hydrogens is 386 g/mol. The number of amides is 1. The summed E-state index contributed by atoms with van der Waals surface area (Å²) >= 11 is 0. The fourth-order valence-electron chi connectivity index (χ4n) is 4.34. The molecule has 0 unspecified atom stereocenters. The zero-order chi connectivity index (χ0) is 22.6. The summed E-state index contributed by atoms with van der Waals surface area (Å²) in [6.07, 6.45) is 4.02. The molecule has 2 heterocycles. The van der Waals surface area contributed by atoms with E-state index in [1.807, 2.05) is 45.2 Å². The molecule has 1 amide bonds. The Kier molecular flexibility index (Phi) is 7.37. The quantitative estimate of drug-likeness (QED) is 0.724. The van der Waals surface area contributed by atoms with Gasteiger partial charge < -0.3 is 10.1 Å². The second-order valence-electron chi connectivity index (χ2n) is 9.84. The van der Waals surface area contributed by atoms with Crippen molar-refractivity contribution in [1.29, 1.82) is 0 Å². The van der Waals surface area contributed by atoms with E-state index in [4.69, 9.17) is 4.74 Å². The summed E-state index contributed by atoms with van der Waals surface area (Å²) in [6.45, 7) is 13.0. The van der Waals surface area contributed by atoms with Gasteiger partial charge in [0.2, 0.25) is 5.91 Å². The van der Waals surface area contributed by atoms with Gasteiger partial charge in [-0.1, -0.05) is 32.9 Å². The smallest absolute Gasteiger partial charge is 0.225 e. The molecule has 1 N–H and O–H groups in total. The van der Waals surface area contributed by atoms with Crippen molar-refractivity contribution in [3.8, 4) is 5.75 Å². The van der Waals surface area contributed by atoms with E-state index < -0.39 is 5.41 Å². The Morgan fingerprint density at radius 2 is 2.03 bits per heavy atom. The van der Waals surface area contributed by atoms with Gasteiger partial charge in [-0.25, -0.2) is 0 Å². The molecule has 3 rings (SSSR count). The van der Waals surface area contributed by atoms with Gasteiger partial charge in [0, 0.05) is 24.7 Å². The van der Waals surface area contributed by atoms with Crippen LogP contribution in [0.1, 0.15) is 62.0 Å². The average Bonchev–Trinajstić information content (AvgIpc) is 2.74. The van der Waals surface area contributed by atoms with Crippen LogP contribution >= 0.6 is 0 Å². The largest absolute Gasteiger partial charge is 0.496 e. The molecule has 31 heavy (non-hydrogen) atoms. The number of ether oxygens (including phenoxy) is 1.